The van der Waals surface area contributed by atoms with Crippen LogP contribution in [0, 0.1) is 44.8 Å². The van der Waals surface area contributed by atoms with Crippen LogP contribution in [0.2, 0.25) is 0 Å². The van der Waals surface area contributed by atoms with Crippen LogP contribution in [0.3, 0.4) is 0 Å². The Morgan fingerprint density at radius 1 is 1.00 bits per heavy atom. The fourth-order valence-corrected chi connectivity index (χ4v) is 13.7. The third kappa shape index (κ3) is 4.28. The average molecular weight is 703 g/mol. The van der Waals surface area contributed by atoms with Crippen molar-refractivity contribution in [2.45, 2.75) is 168 Å². The highest BCUT2D eigenvalue weighted by Gasteiger charge is 2.86. The summed E-state index contributed by atoms with van der Waals surface area (Å²) in [6, 6.07) is 0. The Morgan fingerprint density at radius 3 is 2.36 bits per heavy atom. The molecule has 8 aliphatic rings. The van der Waals surface area contributed by atoms with E-state index in [9.17, 15) is 24.9 Å². The molecule has 3 aliphatic heterocycles. The number of fused-ring (bicyclic) bond motifs is 4. The van der Waals surface area contributed by atoms with Gasteiger partial charge in [-0.15, -0.1) is 0 Å². The maximum Gasteiger partial charge on any atom is 0.303 e. The zero-order chi connectivity index (χ0) is 36.2. The molecule has 8 rings (SSSR count). The molecule has 7 fully saturated rings. The number of aliphatic hydroxyl groups is 3. The molecule has 0 radical (unpaired) electrons. The van der Waals surface area contributed by atoms with Crippen molar-refractivity contribution < 1.29 is 53.3 Å². The number of ether oxygens (including phenoxy) is 6. The molecule has 3 heterocycles. The quantitative estimate of drug-likeness (QED) is 0.280. The van der Waals surface area contributed by atoms with Crippen molar-refractivity contribution in [1.29, 1.82) is 0 Å². The highest BCUT2D eigenvalue weighted by Crippen LogP contribution is 2.89. The van der Waals surface area contributed by atoms with Gasteiger partial charge in [0.2, 0.25) is 0 Å². The third-order valence-corrected chi connectivity index (χ3v) is 15.8. The predicted octanol–water partition coefficient (Wildman–Crippen LogP) is 4.18. The molecule has 0 amide bonds. The van der Waals surface area contributed by atoms with Crippen molar-refractivity contribution in [1.82, 2.24) is 0 Å². The molecule has 5 aliphatic carbocycles. The van der Waals surface area contributed by atoms with Crippen molar-refractivity contribution in [2.24, 2.45) is 44.8 Å². The number of esters is 2. The van der Waals surface area contributed by atoms with Crippen molar-refractivity contribution >= 4 is 11.9 Å². The van der Waals surface area contributed by atoms with E-state index in [0.717, 1.165) is 44.9 Å². The van der Waals surface area contributed by atoms with E-state index in [0.29, 0.717) is 5.92 Å². The van der Waals surface area contributed by atoms with Gasteiger partial charge in [0, 0.05) is 25.2 Å². The maximum atomic E-state index is 12.7. The second-order valence-corrected chi connectivity index (χ2v) is 19.0. The first-order valence-electron chi connectivity index (χ1n) is 19.0. The maximum absolute atomic E-state index is 12.7. The summed E-state index contributed by atoms with van der Waals surface area (Å²) in [6.45, 7) is 17.5. The number of hydrogen-bond acceptors (Lipinski definition) is 11. The van der Waals surface area contributed by atoms with Gasteiger partial charge in [-0.3, -0.25) is 9.59 Å². The summed E-state index contributed by atoms with van der Waals surface area (Å²) in [5, 5.41) is 34.9. The SMILES string of the molecule is CC(=O)O[C@H]1[C@H](O[C@H]2CC[C@]34C[C@]35CC[C@]3(C)[C@H]6[C@H](C)C[C@H]7O[C@@]6(O[C@H]7C(C)(C)O)[C@H](O)[C@@]3(C)C5=CC[C@H]4C2(C)C)OC[C@@H](OC(C)=O)[C@@H]1O. The Balaban J connectivity index is 1.09. The normalized spacial score (nSPS) is 54.2. The minimum absolute atomic E-state index is 0.00121. The molecule has 4 saturated carbocycles. The summed E-state index contributed by atoms with van der Waals surface area (Å²) < 4.78 is 37.1. The van der Waals surface area contributed by atoms with Gasteiger partial charge < -0.3 is 43.7 Å². The van der Waals surface area contributed by atoms with Crippen molar-refractivity contribution in [2.75, 3.05) is 6.61 Å². The van der Waals surface area contributed by atoms with Crippen LogP contribution in [-0.4, -0.2) is 94.3 Å². The lowest BCUT2D eigenvalue weighted by Crippen LogP contribution is -2.60. The first-order chi connectivity index (χ1) is 23.2. The molecular formula is C39H58O11. The third-order valence-electron chi connectivity index (χ3n) is 15.8. The fraction of sp³-hybridized carbons (Fsp3) is 0.897. The number of rotatable bonds is 5. The Labute approximate surface area is 295 Å². The van der Waals surface area contributed by atoms with Gasteiger partial charge in [-0.2, -0.15) is 0 Å². The van der Waals surface area contributed by atoms with E-state index in [2.05, 4.69) is 40.7 Å². The first-order valence-corrected chi connectivity index (χ1v) is 19.0. The summed E-state index contributed by atoms with van der Waals surface area (Å²) >= 11 is 0. The lowest BCUT2D eigenvalue weighted by Gasteiger charge is -2.60. The molecule has 280 valence electrons. The van der Waals surface area contributed by atoms with Gasteiger partial charge in [-0.05, 0) is 92.3 Å². The molecular weight excluding hydrogens is 644 g/mol. The second kappa shape index (κ2) is 10.8. The van der Waals surface area contributed by atoms with Crippen molar-refractivity contribution in [3.8, 4) is 0 Å². The summed E-state index contributed by atoms with van der Waals surface area (Å²) in [7, 11) is 0. The molecule has 50 heavy (non-hydrogen) atoms. The summed E-state index contributed by atoms with van der Waals surface area (Å²) in [5.41, 5.74) is -0.747. The molecule has 3 saturated heterocycles. The second-order valence-electron chi connectivity index (χ2n) is 19.0. The molecule has 11 heteroatoms. The number of hydrogen-bond donors (Lipinski definition) is 3. The minimum Gasteiger partial charge on any atom is -0.457 e. The molecule has 0 aromatic rings. The van der Waals surface area contributed by atoms with E-state index in [4.69, 9.17) is 28.4 Å². The van der Waals surface area contributed by atoms with Gasteiger partial charge in [0.05, 0.1) is 24.4 Å². The van der Waals surface area contributed by atoms with Gasteiger partial charge >= 0.3 is 11.9 Å². The zero-order valence-corrected chi connectivity index (χ0v) is 31.2. The van der Waals surface area contributed by atoms with Crippen LogP contribution in [-0.2, 0) is 38.0 Å². The van der Waals surface area contributed by atoms with Crippen LogP contribution >= 0.6 is 0 Å². The first kappa shape index (κ1) is 35.4. The molecule has 3 N–H and O–H groups in total. The Hall–Kier alpha value is -1.60. The van der Waals surface area contributed by atoms with E-state index in [1.807, 2.05) is 0 Å². The Morgan fingerprint density at radius 2 is 1.70 bits per heavy atom. The van der Waals surface area contributed by atoms with Crippen molar-refractivity contribution in [3.63, 3.8) is 0 Å². The topological polar surface area (TPSA) is 150 Å². The van der Waals surface area contributed by atoms with E-state index < -0.39 is 65.6 Å². The van der Waals surface area contributed by atoms with Gasteiger partial charge in [0.1, 0.15) is 18.3 Å². The lowest BCUT2D eigenvalue weighted by molar-refractivity contribution is -0.304. The van der Waals surface area contributed by atoms with Crippen LogP contribution in [0.5, 0.6) is 0 Å². The average Bonchev–Trinajstić information content (AvgIpc) is 3.52. The fourth-order valence-electron chi connectivity index (χ4n) is 13.7. The zero-order valence-electron chi connectivity index (χ0n) is 31.2. The number of carbonyl (C=O) groups excluding carboxylic acids is 2. The van der Waals surface area contributed by atoms with E-state index in [-0.39, 0.29) is 52.3 Å². The molecule has 16 atom stereocenters. The smallest absolute Gasteiger partial charge is 0.303 e. The standard InChI is InChI=1S/C39H58O11/c1-19-16-22-30(34(6,7)44)50-39(49-22)29(19)35(8)14-15-38-18-37(38)13-12-26(33(4,5)24(37)10-11-25(38)36(35,9)32(39)43)48-31-28(47-21(3)41)27(42)23(17-45-31)46-20(2)40/h11,19,22-24,26-32,42-44H,10,12-18H2,1-9H3/t19-,22-,23-,24+,26+,27+,28-,29-,30-,31+,32-,35-,36-,37-,38+,39+/m1/s1. The Kier molecular flexibility index (Phi) is 7.62. The van der Waals surface area contributed by atoms with E-state index in [1.54, 1.807) is 13.8 Å². The minimum atomic E-state index is -1.28. The molecule has 2 bridgehead atoms. The molecule has 0 aromatic carbocycles. The van der Waals surface area contributed by atoms with Gasteiger partial charge in [0.15, 0.2) is 24.3 Å². The monoisotopic (exact) mass is 702 g/mol. The van der Waals surface area contributed by atoms with E-state index >= 15 is 0 Å². The largest absolute Gasteiger partial charge is 0.457 e. The van der Waals surface area contributed by atoms with Crippen LogP contribution in [0.4, 0.5) is 0 Å². The van der Waals surface area contributed by atoms with Crippen LogP contribution in [0.1, 0.15) is 107 Å². The van der Waals surface area contributed by atoms with Gasteiger partial charge in [0.25, 0.3) is 0 Å². The van der Waals surface area contributed by atoms with Crippen LogP contribution in [0.25, 0.3) is 0 Å². The number of aliphatic hydroxyl groups excluding tert-OH is 2. The molecule has 0 aromatic heterocycles. The van der Waals surface area contributed by atoms with Gasteiger partial charge in [-0.1, -0.05) is 46.3 Å². The van der Waals surface area contributed by atoms with Crippen LogP contribution in [0.15, 0.2) is 11.6 Å². The predicted molar refractivity (Wildman–Crippen MR) is 178 cm³/mol. The highest BCUT2D eigenvalue weighted by molar-refractivity contribution is 5.67. The van der Waals surface area contributed by atoms with Crippen molar-refractivity contribution in [3.05, 3.63) is 11.6 Å². The molecule has 3 spiro atoms. The summed E-state index contributed by atoms with van der Waals surface area (Å²) in [4.78, 5) is 23.7. The van der Waals surface area contributed by atoms with Gasteiger partial charge in [-0.25, -0.2) is 0 Å². The Bertz CT molecular complexity index is 1490. The number of carbonyl (C=O) groups is 2. The molecule has 0 unspecified atom stereocenters. The molecule has 11 nitrogen and oxygen atoms in total. The van der Waals surface area contributed by atoms with Crippen LogP contribution < -0.4 is 0 Å². The highest BCUT2D eigenvalue weighted by atomic mass is 16.8. The van der Waals surface area contributed by atoms with E-state index in [1.165, 1.54) is 19.4 Å². The summed E-state index contributed by atoms with van der Waals surface area (Å²) in [5.74, 6) is -1.71. The lowest BCUT2D eigenvalue weighted by atomic mass is 9.44. The summed E-state index contributed by atoms with van der Waals surface area (Å²) in [6.07, 6.45) is 2.69. The number of allylic oxidation sites excluding steroid dienone is 1.